The van der Waals surface area contributed by atoms with Gasteiger partial charge in [-0.25, -0.2) is 4.99 Å². The fourth-order valence-corrected chi connectivity index (χ4v) is 3.08. The summed E-state index contributed by atoms with van der Waals surface area (Å²) < 4.78 is 5.13. The molecule has 0 aliphatic heterocycles. The van der Waals surface area contributed by atoms with Gasteiger partial charge in [0.15, 0.2) is 11.7 Å². The smallest absolute Gasteiger partial charge is 0.291 e. The molecule has 0 radical (unpaired) electrons. The maximum Gasteiger partial charge on any atom is 0.291 e. The van der Waals surface area contributed by atoms with Gasteiger partial charge in [-0.15, -0.1) is 24.0 Å². The second-order valence-corrected chi connectivity index (χ2v) is 7.11. The van der Waals surface area contributed by atoms with Crippen LogP contribution in [0.4, 0.5) is 5.69 Å². The molecule has 164 valence electrons. The minimum absolute atomic E-state index is 0. The largest absolute Gasteiger partial charge is 0.459 e. The molecule has 0 saturated carbocycles. The summed E-state index contributed by atoms with van der Waals surface area (Å²) >= 11 is 0. The Morgan fingerprint density at radius 2 is 1.87 bits per heavy atom. The van der Waals surface area contributed by atoms with Crippen molar-refractivity contribution in [2.75, 3.05) is 11.9 Å². The molecule has 0 unspecified atom stereocenters. The molecule has 0 spiro atoms. The first-order valence-electron chi connectivity index (χ1n) is 10.1. The van der Waals surface area contributed by atoms with Crippen molar-refractivity contribution in [1.82, 2.24) is 10.6 Å². The lowest BCUT2D eigenvalue weighted by molar-refractivity contribution is 0.0996. The molecule has 1 heterocycles. The molecule has 3 N–H and O–H groups in total. The summed E-state index contributed by atoms with van der Waals surface area (Å²) in [4.78, 5) is 16.8. The van der Waals surface area contributed by atoms with E-state index in [9.17, 15) is 4.79 Å². The molecule has 31 heavy (non-hydrogen) atoms. The van der Waals surface area contributed by atoms with Gasteiger partial charge in [-0.3, -0.25) is 4.79 Å². The lowest BCUT2D eigenvalue weighted by atomic mass is 10.1. The van der Waals surface area contributed by atoms with E-state index in [0.29, 0.717) is 18.8 Å². The molecule has 0 aliphatic carbocycles. The molecule has 2 aromatic carbocycles. The normalized spacial score (nSPS) is 10.9. The molecule has 0 bridgehead atoms. The average molecular weight is 532 g/mol. The average Bonchev–Trinajstić information content (AvgIpc) is 3.26. The molecule has 1 amide bonds. The monoisotopic (exact) mass is 532 g/mol. The van der Waals surface area contributed by atoms with Gasteiger partial charge in [0.25, 0.3) is 5.91 Å². The summed E-state index contributed by atoms with van der Waals surface area (Å²) in [7, 11) is 0. The highest BCUT2D eigenvalue weighted by molar-refractivity contribution is 14.0. The van der Waals surface area contributed by atoms with E-state index in [-0.39, 0.29) is 35.6 Å². The maximum atomic E-state index is 12.2. The van der Waals surface area contributed by atoms with Crippen molar-refractivity contribution >= 4 is 41.5 Å². The molecule has 6 nitrogen and oxygen atoms in total. The molecule has 0 aliphatic rings. The minimum atomic E-state index is -0.274. The van der Waals surface area contributed by atoms with E-state index in [1.54, 1.807) is 12.1 Å². The first kappa shape index (κ1) is 24.5. The number of hydrogen-bond acceptors (Lipinski definition) is 3. The van der Waals surface area contributed by atoms with E-state index < -0.39 is 0 Å². The molecular formula is C24H29IN4O2. The van der Waals surface area contributed by atoms with E-state index in [1.807, 2.05) is 31.2 Å². The van der Waals surface area contributed by atoms with Crippen LogP contribution >= 0.6 is 24.0 Å². The van der Waals surface area contributed by atoms with Crippen LogP contribution in [0.5, 0.6) is 0 Å². The van der Waals surface area contributed by atoms with Crippen molar-refractivity contribution < 1.29 is 9.21 Å². The Morgan fingerprint density at radius 1 is 1.03 bits per heavy atom. The molecule has 3 aromatic rings. The van der Waals surface area contributed by atoms with Crippen LogP contribution in [0.1, 0.15) is 39.7 Å². The number of furan rings is 1. The van der Waals surface area contributed by atoms with Crippen LogP contribution in [0, 0.1) is 13.8 Å². The second-order valence-electron chi connectivity index (χ2n) is 7.11. The number of nitrogens with one attached hydrogen (secondary N) is 3. The summed E-state index contributed by atoms with van der Waals surface area (Å²) in [6.07, 6.45) is 1.48. The fraction of sp³-hybridized carbons (Fsp3) is 0.250. The number of aliphatic imine (C=N–C) groups is 1. The molecule has 3 rings (SSSR count). The molecule has 0 fully saturated rings. The summed E-state index contributed by atoms with van der Waals surface area (Å²) in [5, 5.41) is 9.51. The zero-order valence-corrected chi connectivity index (χ0v) is 20.4. The number of carbonyl (C=O) groups excluding carboxylic acids is 1. The van der Waals surface area contributed by atoms with Crippen molar-refractivity contribution in [2.45, 2.75) is 33.9 Å². The van der Waals surface area contributed by atoms with Crippen molar-refractivity contribution in [2.24, 2.45) is 4.99 Å². The Balaban J connectivity index is 0.00000341. The maximum absolute atomic E-state index is 12.2. The zero-order chi connectivity index (χ0) is 21.3. The van der Waals surface area contributed by atoms with Gasteiger partial charge in [0, 0.05) is 18.8 Å². The van der Waals surface area contributed by atoms with Gasteiger partial charge in [0.2, 0.25) is 0 Å². The Hall–Kier alpha value is -2.81. The van der Waals surface area contributed by atoms with E-state index in [2.05, 4.69) is 53.0 Å². The molecule has 0 atom stereocenters. The van der Waals surface area contributed by atoms with Crippen LogP contribution in [-0.2, 0) is 13.1 Å². The van der Waals surface area contributed by atoms with E-state index in [1.165, 1.54) is 23.0 Å². The third-order valence-electron chi connectivity index (χ3n) is 4.64. The van der Waals surface area contributed by atoms with Crippen LogP contribution in [0.15, 0.2) is 70.3 Å². The number of aryl methyl sites for hydroxylation is 2. The number of hydrogen-bond donors (Lipinski definition) is 3. The van der Waals surface area contributed by atoms with Gasteiger partial charge in [-0.2, -0.15) is 0 Å². The van der Waals surface area contributed by atoms with Crippen molar-refractivity contribution in [3.8, 4) is 0 Å². The number of amides is 1. The lowest BCUT2D eigenvalue weighted by Gasteiger charge is -2.13. The van der Waals surface area contributed by atoms with Crippen LogP contribution in [-0.4, -0.2) is 18.4 Å². The topological polar surface area (TPSA) is 78.7 Å². The molecular weight excluding hydrogens is 503 g/mol. The minimum Gasteiger partial charge on any atom is -0.459 e. The van der Waals surface area contributed by atoms with E-state index in [0.717, 1.165) is 18.1 Å². The van der Waals surface area contributed by atoms with E-state index in [4.69, 9.17) is 4.42 Å². The van der Waals surface area contributed by atoms with Gasteiger partial charge < -0.3 is 20.4 Å². The Morgan fingerprint density at radius 3 is 2.58 bits per heavy atom. The van der Waals surface area contributed by atoms with Crippen molar-refractivity contribution in [3.05, 3.63) is 88.9 Å². The van der Waals surface area contributed by atoms with Gasteiger partial charge in [0.05, 0.1) is 12.8 Å². The first-order chi connectivity index (χ1) is 14.5. The predicted octanol–water partition coefficient (Wildman–Crippen LogP) is 5.02. The van der Waals surface area contributed by atoms with Crippen LogP contribution in [0.3, 0.4) is 0 Å². The zero-order valence-electron chi connectivity index (χ0n) is 18.1. The molecule has 1 aromatic heterocycles. The number of nitrogens with zero attached hydrogens (tertiary/aromatic N) is 1. The molecule has 7 heteroatoms. The number of rotatable bonds is 7. The third kappa shape index (κ3) is 7.43. The first-order valence-corrected chi connectivity index (χ1v) is 10.1. The summed E-state index contributed by atoms with van der Waals surface area (Å²) in [5.74, 6) is 0.759. The third-order valence-corrected chi connectivity index (χ3v) is 4.64. The van der Waals surface area contributed by atoms with Gasteiger partial charge >= 0.3 is 0 Å². The highest BCUT2D eigenvalue weighted by Crippen LogP contribution is 2.14. The van der Waals surface area contributed by atoms with Crippen LogP contribution < -0.4 is 16.0 Å². The summed E-state index contributed by atoms with van der Waals surface area (Å²) in [5.41, 5.74) is 5.47. The van der Waals surface area contributed by atoms with Gasteiger partial charge in [-0.1, -0.05) is 35.9 Å². The predicted molar refractivity (Wildman–Crippen MR) is 136 cm³/mol. The standard InChI is InChI=1S/C24H28N4O2.HI/c1-4-25-24(27-16-20-11-10-17(2)13-18(20)3)26-15-19-7-5-8-21(14-19)28-23(29)22-9-6-12-30-22;/h5-14H,4,15-16H2,1-3H3,(H,28,29)(H2,25,26,27);1H. The lowest BCUT2D eigenvalue weighted by Crippen LogP contribution is -2.36. The van der Waals surface area contributed by atoms with E-state index >= 15 is 0 Å². The SMILES string of the molecule is CCNC(=NCc1cccc(NC(=O)c2ccco2)c1)NCc1ccc(C)cc1C.I. The van der Waals surface area contributed by atoms with Crippen LogP contribution in [0.25, 0.3) is 0 Å². The van der Waals surface area contributed by atoms with Crippen molar-refractivity contribution in [3.63, 3.8) is 0 Å². The Bertz CT molecular complexity index is 1020. The van der Waals surface area contributed by atoms with Crippen LogP contribution in [0.2, 0.25) is 0 Å². The summed E-state index contributed by atoms with van der Waals surface area (Å²) in [6, 6.07) is 17.4. The highest BCUT2D eigenvalue weighted by atomic mass is 127. The Labute approximate surface area is 200 Å². The second kappa shape index (κ2) is 12.1. The Kier molecular flexibility index (Phi) is 9.58. The summed E-state index contributed by atoms with van der Waals surface area (Å²) in [6.45, 7) is 8.23. The highest BCUT2D eigenvalue weighted by Gasteiger charge is 2.09. The number of carbonyl (C=O) groups is 1. The van der Waals surface area contributed by atoms with Gasteiger partial charge in [-0.05, 0) is 61.7 Å². The number of guanidine groups is 1. The van der Waals surface area contributed by atoms with Gasteiger partial charge in [0.1, 0.15) is 0 Å². The molecule has 0 saturated heterocycles. The fourth-order valence-electron chi connectivity index (χ4n) is 3.08. The quantitative estimate of drug-likeness (QED) is 0.227. The number of halogens is 1. The van der Waals surface area contributed by atoms with Crippen molar-refractivity contribution in [1.29, 1.82) is 0 Å². The number of anilines is 1. The number of benzene rings is 2.